The third kappa shape index (κ3) is 3.98. The Labute approximate surface area is 112 Å². The van der Waals surface area contributed by atoms with Crippen molar-refractivity contribution in [3.8, 4) is 5.75 Å². The van der Waals surface area contributed by atoms with Crippen LogP contribution in [0.4, 0.5) is 0 Å². The van der Waals surface area contributed by atoms with Crippen LogP contribution in [0.3, 0.4) is 0 Å². The molecule has 0 saturated carbocycles. The van der Waals surface area contributed by atoms with Gasteiger partial charge in [0.2, 0.25) is 0 Å². The minimum atomic E-state index is -0.908. The molecule has 1 amide bonds. The lowest BCUT2D eigenvalue weighted by molar-refractivity contribution is -0.129. The summed E-state index contributed by atoms with van der Waals surface area (Å²) in [6.45, 7) is 6.81. The number of hydrogen-bond acceptors (Lipinski definition) is 4. The number of carbonyl (C=O) groups is 2. The van der Waals surface area contributed by atoms with Crippen molar-refractivity contribution in [2.75, 3.05) is 0 Å². The Balaban J connectivity index is 2.74. The Morgan fingerprint density at radius 2 is 1.89 bits per heavy atom. The Hall–Kier alpha value is -2.04. The normalized spacial score (nSPS) is 12.1. The number of phenolic OH excluding ortho intramolecular Hbond substituents is 1. The zero-order valence-corrected chi connectivity index (χ0v) is 11.6. The number of nitrogens with one attached hydrogen (secondary N) is 1. The highest BCUT2D eigenvalue weighted by Crippen LogP contribution is 2.22. The van der Waals surface area contributed by atoms with Gasteiger partial charge in [0.15, 0.2) is 6.10 Å². The van der Waals surface area contributed by atoms with Crippen molar-refractivity contribution >= 4 is 11.9 Å². The molecule has 0 saturated heterocycles. The van der Waals surface area contributed by atoms with Crippen LogP contribution in [0.2, 0.25) is 0 Å². The van der Waals surface area contributed by atoms with Gasteiger partial charge in [-0.15, -0.1) is 0 Å². The summed E-state index contributed by atoms with van der Waals surface area (Å²) in [5.74, 6) is -1.20. The Bertz CT molecular complexity index is 482. The van der Waals surface area contributed by atoms with Crippen LogP contribution in [-0.4, -0.2) is 29.1 Å². The average Bonchev–Trinajstić information content (AvgIpc) is 2.31. The molecule has 0 fully saturated rings. The molecular weight excluding hydrogens is 246 g/mol. The van der Waals surface area contributed by atoms with Gasteiger partial charge in [0.1, 0.15) is 11.3 Å². The van der Waals surface area contributed by atoms with E-state index in [9.17, 15) is 14.7 Å². The lowest BCUT2D eigenvalue weighted by Crippen LogP contribution is -2.39. The molecule has 0 aromatic heterocycles. The SMILES string of the molecule is Cc1cccc(C(=O)OC(C)C(=O)NC(C)C)c1O. The van der Waals surface area contributed by atoms with Crippen molar-refractivity contribution in [3.05, 3.63) is 29.3 Å². The first kappa shape index (κ1) is 15.0. The zero-order chi connectivity index (χ0) is 14.6. The third-order valence-electron chi connectivity index (χ3n) is 2.54. The predicted octanol–water partition coefficient (Wildman–Crippen LogP) is 1.77. The number of ether oxygens (including phenoxy) is 1. The fourth-order valence-corrected chi connectivity index (χ4v) is 1.50. The van der Waals surface area contributed by atoms with E-state index in [2.05, 4.69) is 5.32 Å². The second-order valence-electron chi connectivity index (χ2n) is 4.68. The fourth-order valence-electron chi connectivity index (χ4n) is 1.50. The summed E-state index contributed by atoms with van der Waals surface area (Å²) < 4.78 is 5.02. The maximum Gasteiger partial charge on any atom is 0.342 e. The van der Waals surface area contributed by atoms with E-state index in [0.29, 0.717) is 5.56 Å². The van der Waals surface area contributed by atoms with Crippen molar-refractivity contribution in [1.82, 2.24) is 5.32 Å². The number of amides is 1. The summed E-state index contributed by atoms with van der Waals surface area (Å²) in [6, 6.07) is 4.75. The van der Waals surface area contributed by atoms with E-state index >= 15 is 0 Å². The van der Waals surface area contributed by atoms with Crippen LogP contribution >= 0.6 is 0 Å². The van der Waals surface area contributed by atoms with E-state index in [1.165, 1.54) is 13.0 Å². The number of hydrogen-bond donors (Lipinski definition) is 2. The van der Waals surface area contributed by atoms with Gasteiger partial charge in [-0.05, 0) is 39.3 Å². The summed E-state index contributed by atoms with van der Waals surface area (Å²) >= 11 is 0. The maximum atomic E-state index is 11.9. The van der Waals surface area contributed by atoms with Crippen molar-refractivity contribution in [2.45, 2.75) is 39.8 Å². The fraction of sp³-hybridized carbons (Fsp3) is 0.429. The van der Waals surface area contributed by atoms with Crippen LogP contribution in [0.5, 0.6) is 5.75 Å². The molecule has 1 aromatic carbocycles. The molecule has 19 heavy (non-hydrogen) atoms. The molecule has 2 N–H and O–H groups in total. The zero-order valence-electron chi connectivity index (χ0n) is 11.6. The highest BCUT2D eigenvalue weighted by atomic mass is 16.5. The van der Waals surface area contributed by atoms with E-state index in [0.717, 1.165) is 0 Å². The molecule has 0 bridgehead atoms. The van der Waals surface area contributed by atoms with Crippen molar-refractivity contribution < 1.29 is 19.4 Å². The number of rotatable bonds is 4. The van der Waals surface area contributed by atoms with Crippen LogP contribution in [0.15, 0.2) is 18.2 Å². The monoisotopic (exact) mass is 265 g/mol. The van der Waals surface area contributed by atoms with E-state index in [1.54, 1.807) is 19.1 Å². The van der Waals surface area contributed by atoms with Gasteiger partial charge in [0.25, 0.3) is 5.91 Å². The van der Waals surface area contributed by atoms with Crippen LogP contribution in [0, 0.1) is 6.92 Å². The van der Waals surface area contributed by atoms with Gasteiger partial charge in [0, 0.05) is 6.04 Å². The number of para-hydroxylation sites is 1. The first-order chi connectivity index (χ1) is 8.82. The highest BCUT2D eigenvalue weighted by Gasteiger charge is 2.21. The maximum absolute atomic E-state index is 11.9. The molecule has 0 aliphatic heterocycles. The molecule has 5 nitrogen and oxygen atoms in total. The van der Waals surface area contributed by atoms with Gasteiger partial charge in [-0.2, -0.15) is 0 Å². The number of aryl methyl sites for hydroxylation is 1. The molecule has 1 atom stereocenters. The van der Waals surface area contributed by atoms with Crippen molar-refractivity contribution in [3.63, 3.8) is 0 Å². The molecule has 1 unspecified atom stereocenters. The topological polar surface area (TPSA) is 75.6 Å². The lowest BCUT2D eigenvalue weighted by atomic mass is 10.1. The van der Waals surface area contributed by atoms with Crippen LogP contribution < -0.4 is 5.32 Å². The van der Waals surface area contributed by atoms with E-state index in [1.807, 2.05) is 13.8 Å². The molecule has 0 aliphatic rings. The summed E-state index contributed by atoms with van der Waals surface area (Å²) in [5, 5.41) is 12.4. The molecule has 1 rings (SSSR count). The summed E-state index contributed by atoms with van der Waals surface area (Å²) in [7, 11) is 0. The van der Waals surface area contributed by atoms with Crippen LogP contribution in [0.25, 0.3) is 0 Å². The molecule has 0 aliphatic carbocycles. The molecule has 0 spiro atoms. The molecular formula is C14H19NO4. The smallest absolute Gasteiger partial charge is 0.342 e. The average molecular weight is 265 g/mol. The van der Waals surface area contributed by atoms with Gasteiger partial charge in [-0.25, -0.2) is 4.79 Å². The number of phenols is 1. The number of carbonyl (C=O) groups excluding carboxylic acids is 2. The lowest BCUT2D eigenvalue weighted by Gasteiger charge is -2.16. The summed E-state index contributed by atoms with van der Waals surface area (Å²) in [5.41, 5.74) is 0.637. The first-order valence-electron chi connectivity index (χ1n) is 6.13. The van der Waals surface area contributed by atoms with Crippen molar-refractivity contribution in [1.29, 1.82) is 0 Å². The minimum absolute atomic E-state index is 0.0268. The second kappa shape index (κ2) is 6.22. The Morgan fingerprint density at radius 3 is 2.47 bits per heavy atom. The number of benzene rings is 1. The summed E-state index contributed by atoms with van der Waals surface area (Å²) in [6.07, 6.45) is -0.908. The van der Waals surface area contributed by atoms with Gasteiger partial charge in [-0.3, -0.25) is 4.79 Å². The molecule has 0 heterocycles. The van der Waals surface area contributed by atoms with Crippen molar-refractivity contribution in [2.24, 2.45) is 0 Å². The highest BCUT2D eigenvalue weighted by molar-refractivity contribution is 5.94. The van der Waals surface area contributed by atoms with E-state index in [-0.39, 0.29) is 23.3 Å². The predicted molar refractivity (Wildman–Crippen MR) is 71.0 cm³/mol. The molecule has 5 heteroatoms. The van der Waals surface area contributed by atoms with Crippen LogP contribution in [0.1, 0.15) is 36.7 Å². The van der Waals surface area contributed by atoms with Gasteiger partial charge >= 0.3 is 5.97 Å². The summed E-state index contributed by atoms with van der Waals surface area (Å²) in [4.78, 5) is 23.5. The van der Waals surface area contributed by atoms with E-state index < -0.39 is 12.1 Å². The number of aromatic hydroxyl groups is 1. The van der Waals surface area contributed by atoms with Gasteiger partial charge in [0.05, 0.1) is 0 Å². The van der Waals surface area contributed by atoms with Gasteiger partial charge < -0.3 is 15.2 Å². The molecule has 1 aromatic rings. The Kier molecular flexibility index (Phi) is 4.92. The standard InChI is InChI=1S/C14H19NO4/c1-8(2)15-13(17)10(4)19-14(18)11-7-5-6-9(3)12(11)16/h5-8,10,16H,1-4H3,(H,15,17). The first-order valence-corrected chi connectivity index (χ1v) is 6.13. The second-order valence-corrected chi connectivity index (χ2v) is 4.68. The largest absolute Gasteiger partial charge is 0.507 e. The van der Waals surface area contributed by atoms with Gasteiger partial charge in [-0.1, -0.05) is 12.1 Å². The van der Waals surface area contributed by atoms with E-state index in [4.69, 9.17) is 4.74 Å². The molecule has 104 valence electrons. The quantitative estimate of drug-likeness (QED) is 0.813. The third-order valence-corrected chi connectivity index (χ3v) is 2.54. The molecule has 0 radical (unpaired) electrons. The minimum Gasteiger partial charge on any atom is -0.507 e. The van der Waals surface area contributed by atoms with Crippen LogP contribution in [-0.2, 0) is 9.53 Å². The number of esters is 1. The Morgan fingerprint density at radius 1 is 1.26 bits per heavy atom.